The van der Waals surface area contributed by atoms with Crippen LogP contribution in [0, 0.1) is 0 Å². The van der Waals surface area contributed by atoms with Gasteiger partial charge in [-0.15, -0.1) is 0 Å². The zero-order chi connectivity index (χ0) is 29.7. The van der Waals surface area contributed by atoms with Crippen LogP contribution in [-0.4, -0.2) is 50.0 Å². The van der Waals surface area contributed by atoms with Crippen molar-refractivity contribution in [2.24, 2.45) is 0 Å². The van der Waals surface area contributed by atoms with Crippen molar-refractivity contribution in [3.8, 4) is 0 Å². The van der Waals surface area contributed by atoms with Gasteiger partial charge in [0.15, 0.2) is 0 Å². The van der Waals surface area contributed by atoms with Crippen molar-refractivity contribution in [3.63, 3.8) is 0 Å². The maximum Gasteiger partial charge on any atom is 0.416 e. The molecule has 2 amide bonds. The quantitative estimate of drug-likeness (QED) is 0.323. The number of hydrogen-bond donors (Lipinski definition) is 1. The minimum Gasteiger partial charge on any atom is -0.352 e. The SMILES string of the molecule is CC[C@H](C)NC(=O)[C@H](CC)N(Cc1ccc(Cl)c(Cl)c1)C(=O)CN(c1cc(C(F)(F)F)ccc1Cl)S(C)(=O)=O. The molecule has 0 heterocycles. The lowest BCUT2D eigenvalue weighted by Gasteiger charge is -2.33. The molecule has 0 aromatic heterocycles. The van der Waals surface area contributed by atoms with E-state index >= 15 is 0 Å². The van der Waals surface area contributed by atoms with Gasteiger partial charge in [-0.3, -0.25) is 13.9 Å². The molecule has 216 valence electrons. The summed E-state index contributed by atoms with van der Waals surface area (Å²) in [4.78, 5) is 28.0. The molecule has 39 heavy (non-hydrogen) atoms. The third-order valence-corrected chi connectivity index (χ3v) is 8.13. The minimum atomic E-state index is -4.78. The van der Waals surface area contributed by atoms with Gasteiger partial charge >= 0.3 is 6.18 Å². The first-order chi connectivity index (χ1) is 18.0. The highest BCUT2D eigenvalue weighted by atomic mass is 35.5. The first kappa shape index (κ1) is 33.0. The molecule has 0 aliphatic heterocycles. The number of carbonyl (C=O) groups is 2. The average molecular weight is 631 g/mol. The van der Waals surface area contributed by atoms with Gasteiger partial charge in [-0.1, -0.05) is 54.7 Å². The van der Waals surface area contributed by atoms with Gasteiger partial charge in [0.05, 0.1) is 32.6 Å². The summed E-state index contributed by atoms with van der Waals surface area (Å²) in [7, 11) is -4.30. The Labute approximate surface area is 241 Å². The Morgan fingerprint density at radius 2 is 1.59 bits per heavy atom. The molecule has 0 fully saturated rings. The number of hydrogen-bond acceptors (Lipinski definition) is 4. The number of amides is 2. The Kier molecular flexibility index (Phi) is 11.4. The van der Waals surface area contributed by atoms with Crippen LogP contribution in [-0.2, 0) is 32.3 Å². The van der Waals surface area contributed by atoms with Crippen molar-refractivity contribution in [3.05, 3.63) is 62.6 Å². The van der Waals surface area contributed by atoms with Gasteiger partial charge in [0.25, 0.3) is 0 Å². The Balaban J connectivity index is 2.57. The summed E-state index contributed by atoms with van der Waals surface area (Å²) in [5.41, 5.74) is -1.17. The molecular formula is C25H29Cl3F3N3O4S. The summed E-state index contributed by atoms with van der Waals surface area (Å²) >= 11 is 18.2. The van der Waals surface area contributed by atoms with Crippen LogP contribution in [0.15, 0.2) is 36.4 Å². The first-order valence-electron chi connectivity index (χ1n) is 11.9. The van der Waals surface area contributed by atoms with E-state index in [2.05, 4.69) is 5.32 Å². The largest absolute Gasteiger partial charge is 0.416 e. The molecule has 1 N–H and O–H groups in total. The van der Waals surface area contributed by atoms with Crippen LogP contribution >= 0.6 is 34.8 Å². The lowest BCUT2D eigenvalue weighted by Crippen LogP contribution is -2.53. The first-order valence-corrected chi connectivity index (χ1v) is 14.9. The van der Waals surface area contributed by atoms with Gasteiger partial charge in [0.2, 0.25) is 21.8 Å². The molecule has 0 bridgehead atoms. The Hall–Kier alpha value is -2.21. The fourth-order valence-electron chi connectivity index (χ4n) is 3.67. The van der Waals surface area contributed by atoms with Crippen LogP contribution in [0.5, 0.6) is 0 Å². The fraction of sp³-hybridized carbons (Fsp3) is 0.440. The van der Waals surface area contributed by atoms with Crippen molar-refractivity contribution in [1.82, 2.24) is 10.2 Å². The standard InChI is InChI=1S/C25H29Cl3F3N3O4S/c1-5-15(3)32-24(36)21(6-2)33(13-16-7-9-18(26)20(28)11-16)23(35)14-34(39(4,37)38)22-12-17(25(29,30)31)8-10-19(22)27/h7-12,15,21H,5-6,13-14H2,1-4H3,(H,32,36)/t15-,21-/m0/s1. The van der Waals surface area contributed by atoms with Gasteiger partial charge in [-0.2, -0.15) is 13.2 Å². The molecule has 0 saturated heterocycles. The number of halogens is 6. The molecule has 14 heteroatoms. The normalized spacial score (nSPS) is 13.5. The van der Waals surface area contributed by atoms with Gasteiger partial charge in [-0.25, -0.2) is 8.42 Å². The highest BCUT2D eigenvalue weighted by Gasteiger charge is 2.35. The molecular weight excluding hydrogens is 602 g/mol. The summed E-state index contributed by atoms with van der Waals surface area (Å²) in [6.45, 7) is 4.27. The predicted molar refractivity (Wildman–Crippen MR) is 148 cm³/mol. The van der Waals surface area contributed by atoms with E-state index in [1.807, 2.05) is 6.92 Å². The number of nitrogens with zero attached hydrogens (tertiary/aromatic N) is 2. The van der Waals surface area contributed by atoms with E-state index in [-0.39, 0.29) is 34.1 Å². The van der Waals surface area contributed by atoms with Crippen LogP contribution in [0.25, 0.3) is 0 Å². The highest BCUT2D eigenvalue weighted by molar-refractivity contribution is 7.92. The third kappa shape index (κ3) is 8.89. The molecule has 2 atom stereocenters. The zero-order valence-electron chi connectivity index (χ0n) is 21.7. The second-order valence-corrected chi connectivity index (χ2v) is 12.1. The van der Waals surface area contributed by atoms with Crippen molar-refractivity contribution in [2.45, 2.75) is 58.4 Å². The van der Waals surface area contributed by atoms with E-state index in [9.17, 15) is 31.2 Å². The lowest BCUT2D eigenvalue weighted by molar-refractivity contribution is -0.140. The molecule has 0 aliphatic carbocycles. The monoisotopic (exact) mass is 629 g/mol. The third-order valence-electron chi connectivity index (χ3n) is 5.95. The van der Waals surface area contributed by atoms with E-state index in [1.54, 1.807) is 19.9 Å². The van der Waals surface area contributed by atoms with Gasteiger partial charge in [0.1, 0.15) is 12.6 Å². The van der Waals surface area contributed by atoms with Crippen molar-refractivity contribution in [1.29, 1.82) is 0 Å². The number of anilines is 1. The number of rotatable bonds is 11. The summed E-state index contributed by atoms with van der Waals surface area (Å²) in [6, 6.07) is 5.54. The molecule has 2 aromatic rings. The molecule has 0 radical (unpaired) electrons. The molecule has 0 unspecified atom stereocenters. The second-order valence-electron chi connectivity index (χ2n) is 8.95. The van der Waals surface area contributed by atoms with Crippen molar-refractivity contribution >= 4 is 62.3 Å². The molecule has 0 aliphatic rings. The van der Waals surface area contributed by atoms with E-state index < -0.39 is 51.9 Å². The smallest absolute Gasteiger partial charge is 0.352 e. The fourth-order valence-corrected chi connectivity index (χ4v) is 5.11. The summed E-state index contributed by atoms with van der Waals surface area (Å²) in [5, 5.41) is 2.97. The minimum absolute atomic E-state index is 0.157. The molecule has 0 saturated carbocycles. The summed E-state index contributed by atoms with van der Waals surface area (Å²) < 4.78 is 66.0. The zero-order valence-corrected chi connectivity index (χ0v) is 24.7. The van der Waals surface area contributed by atoms with Crippen LogP contribution in [0.1, 0.15) is 44.7 Å². The number of sulfonamides is 1. The second kappa shape index (κ2) is 13.4. The summed E-state index contributed by atoms with van der Waals surface area (Å²) in [6.07, 6.45) is -3.25. The molecule has 2 rings (SSSR count). The molecule has 0 spiro atoms. The number of alkyl halides is 3. The van der Waals surface area contributed by atoms with E-state index in [1.165, 1.54) is 12.1 Å². The van der Waals surface area contributed by atoms with Crippen molar-refractivity contribution in [2.75, 3.05) is 17.1 Å². The van der Waals surface area contributed by atoms with Gasteiger partial charge < -0.3 is 10.2 Å². The van der Waals surface area contributed by atoms with E-state index in [4.69, 9.17) is 34.8 Å². The van der Waals surface area contributed by atoms with E-state index in [0.717, 1.165) is 17.2 Å². The van der Waals surface area contributed by atoms with E-state index in [0.29, 0.717) is 28.4 Å². The Bertz CT molecular complexity index is 1310. The van der Waals surface area contributed by atoms with Gasteiger partial charge in [0, 0.05) is 12.6 Å². The van der Waals surface area contributed by atoms with Crippen LogP contribution in [0.4, 0.5) is 18.9 Å². The average Bonchev–Trinajstić information content (AvgIpc) is 2.83. The highest BCUT2D eigenvalue weighted by Crippen LogP contribution is 2.36. The number of nitrogens with one attached hydrogen (secondary N) is 1. The number of benzene rings is 2. The van der Waals surface area contributed by atoms with Crippen LogP contribution < -0.4 is 9.62 Å². The summed E-state index contributed by atoms with van der Waals surface area (Å²) in [5.74, 6) is -1.31. The lowest BCUT2D eigenvalue weighted by atomic mass is 10.1. The Morgan fingerprint density at radius 3 is 2.10 bits per heavy atom. The number of carbonyl (C=O) groups excluding carboxylic acids is 2. The van der Waals surface area contributed by atoms with Gasteiger partial charge in [-0.05, 0) is 55.7 Å². The van der Waals surface area contributed by atoms with Crippen LogP contribution in [0.3, 0.4) is 0 Å². The maximum atomic E-state index is 13.7. The maximum absolute atomic E-state index is 13.7. The van der Waals surface area contributed by atoms with Crippen LogP contribution in [0.2, 0.25) is 15.1 Å². The van der Waals surface area contributed by atoms with Crippen molar-refractivity contribution < 1.29 is 31.2 Å². The molecule has 2 aromatic carbocycles. The topological polar surface area (TPSA) is 86.8 Å². The molecule has 7 nitrogen and oxygen atoms in total. The predicted octanol–water partition coefficient (Wildman–Crippen LogP) is 6.15. The Morgan fingerprint density at radius 1 is 0.974 bits per heavy atom.